The predicted octanol–water partition coefficient (Wildman–Crippen LogP) is 4.47. The van der Waals surface area contributed by atoms with E-state index in [0.29, 0.717) is 12.0 Å². The van der Waals surface area contributed by atoms with E-state index >= 15 is 0 Å². The molecule has 21 heavy (non-hydrogen) atoms. The van der Waals surface area contributed by atoms with E-state index in [1.165, 1.54) is 11.1 Å². The van der Waals surface area contributed by atoms with Gasteiger partial charge in [0.15, 0.2) is 0 Å². The maximum absolute atomic E-state index is 11.2. The van der Waals surface area contributed by atoms with Gasteiger partial charge in [-0.2, -0.15) is 0 Å². The van der Waals surface area contributed by atoms with Crippen LogP contribution in [-0.2, 0) is 11.2 Å². The Kier molecular flexibility index (Phi) is 3.61. The molecule has 1 aliphatic rings. The van der Waals surface area contributed by atoms with E-state index in [2.05, 4.69) is 49.4 Å². The van der Waals surface area contributed by atoms with Gasteiger partial charge in [0, 0.05) is 5.57 Å². The normalized spacial score (nSPS) is 14.0. The van der Waals surface area contributed by atoms with Gasteiger partial charge in [0.25, 0.3) is 0 Å². The largest absolute Gasteiger partial charge is 0.478 e. The number of hydrogen-bond acceptors (Lipinski definition) is 1. The molecule has 0 spiro atoms. The summed E-state index contributed by atoms with van der Waals surface area (Å²) >= 11 is 0. The van der Waals surface area contributed by atoms with Crippen LogP contribution in [0.2, 0.25) is 0 Å². The fraction of sp³-hybridized carbons (Fsp3) is 0.211. The van der Waals surface area contributed by atoms with Crippen molar-refractivity contribution in [3.63, 3.8) is 0 Å². The third-order valence-corrected chi connectivity index (χ3v) is 4.03. The highest BCUT2D eigenvalue weighted by Crippen LogP contribution is 2.28. The minimum absolute atomic E-state index is 0.509. The van der Waals surface area contributed by atoms with Crippen LogP contribution < -0.4 is 0 Å². The van der Waals surface area contributed by atoms with Crippen LogP contribution in [0.15, 0.2) is 48.0 Å². The summed E-state index contributed by atoms with van der Waals surface area (Å²) in [5.41, 5.74) is 6.33. The first-order chi connectivity index (χ1) is 10.1. The average Bonchev–Trinajstić information content (AvgIpc) is 2.69. The first-order valence-corrected chi connectivity index (χ1v) is 7.27. The standard InChI is InChI=1S/C19H18O2/c1-13-5-7-15(8-6-13)16-10-9-14-3-2-4-17(19(20)21)12-18(14)11-16/h5-12H,2-4H2,1H3,(H,20,21). The van der Waals surface area contributed by atoms with Crippen LogP contribution in [0.25, 0.3) is 17.2 Å². The zero-order valence-corrected chi connectivity index (χ0v) is 12.1. The molecule has 2 heteroatoms. The molecule has 0 saturated carbocycles. The predicted molar refractivity (Wildman–Crippen MR) is 85.2 cm³/mol. The number of benzene rings is 2. The lowest BCUT2D eigenvalue weighted by Crippen LogP contribution is -1.99. The van der Waals surface area contributed by atoms with E-state index < -0.39 is 5.97 Å². The van der Waals surface area contributed by atoms with E-state index in [1.54, 1.807) is 0 Å². The van der Waals surface area contributed by atoms with E-state index in [9.17, 15) is 9.90 Å². The van der Waals surface area contributed by atoms with Crippen molar-refractivity contribution in [1.29, 1.82) is 0 Å². The SMILES string of the molecule is Cc1ccc(-c2ccc3c(c2)C=C(C(=O)O)CCC3)cc1. The Morgan fingerprint density at radius 3 is 2.43 bits per heavy atom. The molecule has 0 bridgehead atoms. The number of hydrogen-bond donors (Lipinski definition) is 1. The Morgan fingerprint density at radius 1 is 1.00 bits per heavy atom. The molecular weight excluding hydrogens is 260 g/mol. The van der Waals surface area contributed by atoms with Crippen LogP contribution in [0, 0.1) is 6.92 Å². The second-order valence-corrected chi connectivity index (χ2v) is 5.61. The summed E-state index contributed by atoms with van der Waals surface area (Å²) in [6.45, 7) is 2.07. The van der Waals surface area contributed by atoms with Crippen molar-refractivity contribution < 1.29 is 9.90 Å². The van der Waals surface area contributed by atoms with Gasteiger partial charge in [0.05, 0.1) is 0 Å². The van der Waals surface area contributed by atoms with Gasteiger partial charge in [-0.3, -0.25) is 0 Å². The maximum Gasteiger partial charge on any atom is 0.331 e. The van der Waals surface area contributed by atoms with Gasteiger partial charge in [-0.1, -0.05) is 42.0 Å². The fourth-order valence-corrected chi connectivity index (χ4v) is 2.78. The zero-order valence-electron chi connectivity index (χ0n) is 12.1. The van der Waals surface area contributed by atoms with Crippen molar-refractivity contribution in [1.82, 2.24) is 0 Å². The summed E-state index contributed by atoms with van der Waals surface area (Å²) in [7, 11) is 0. The van der Waals surface area contributed by atoms with Gasteiger partial charge in [0.2, 0.25) is 0 Å². The minimum atomic E-state index is -0.802. The van der Waals surface area contributed by atoms with Gasteiger partial charge in [-0.25, -0.2) is 4.79 Å². The quantitative estimate of drug-likeness (QED) is 0.880. The van der Waals surface area contributed by atoms with Crippen molar-refractivity contribution in [2.45, 2.75) is 26.2 Å². The number of fused-ring (bicyclic) bond motifs is 1. The third-order valence-electron chi connectivity index (χ3n) is 4.03. The summed E-state index contributed by atoms with van der Waals surface area (Å²) in [6, 6.07) is 14.8. The molecule has 2 nitrogen and oxygen atoms in total. The van der Waals surface area contributed by atoms with Gasteiger partial charge in [-0.15, -0.1) is 0 Å². The molecule has 0 radical (unpaired) electrons. The molecule has 0 atom stereocenters. The summed E-state index contributed by atoms with van der Waals surface area (Å²) in [5, 5.41) is 9.24. The Balaban J connectivity index is 2.05. The number of rotatable bonds is 2. The fourth-order valence-electron chi connectivity index (χ4n) is 2.78. The highest BCUT2D eigenvalue weighted by molar-refractivity contribution is 5.93. The van der Waals surface area contributed by atoms with Gasteiger partial charge in [0.1, 0.15) is 0 Å². The smallest absolute Gasteiger partial charge is 0.331 e. The molecule has 0 saturated heterocycles. The first-order valence-electron chi connectivity index (χ1n) is 7.27. The van der Waals surface area contributed by atoms with Crippen LogP contribution in [0.5, 0.6) is 0 Å². The lowest BCUT2D eigenvalue weighted by molar-refractivity contribution is -0.132. The summed E-state index contributed by atoms with van der Waals surface area (Å²) in [5.74, 6) is -0.802. The van der Waals surface area contributed by atoms with E-state index in [1.807, 2.05) is 6.08 Å². The molecule has 0 heterocycles. The lowest BCUT2D eigenvalue weighted by Gasteiger charge is -2.08. The van der Waals surface area contributed by atoms with Crippen LogP contribution in [0.1, 0.15) is 29.5 Å². The van der Waals surface area contributed by atoms with Crippen molar-refractivity contribution in [3.8, 4) is 11.1 Å². The van der Waals surface area contributed by atoms with Gasteiger partial charge in [-0.05, 0) is 60.6 Å². The van der Waals surface area contributed by atoms with E-state index in [4.69, 9.17) is 0 Å². The number of carboxylic acids is 1. The highest BCUT2D eigenvalue weighted by atomic mass is 16.4. The topological polar surface area (TPSA) is 37.3 Å². The van der Waals surface area contributed by atoms with Gasteiger partial charge < -0.3 is 5.11 Å². The second-order valence-electron chi connectivity index (χ2n) is 5.61. The molecule has 3 rings (SSSR count). The summed E-state index contributed by atoms with van der Waals surface area (Å²) < 4.78 is 0. The number of aryl methyl sites for hydroxylation is 2. The van der Waals surface area contributed by atoms with Crippen LogP contribution in [0.4, 0.5) is 0 Å². The van der Waals surface area contributed by atoms with Crippen molar-refractivity contribution >= 4 is 12.0 Å². The lowest BCUT2D eigenvalue weighted by atomic mass is 9.97. The molecule has 1 N–H and O–H groups in total. The highest BCUT2D eigenvalue weighted by Gasteiger charge is 2.14. The van der Waals surface area contributed by atoms with Crippen LogP contribution >= 0.6 is 0 Å². The van der Waals surface area contributed by atoms with Crippen molar-refractivity contribution in [2.24, 2.45) is 0 Å². The number of aliphatic carboxylic acids is 1. The molecule has 0 aliphatic heterocycles. The second kappa shape index (κ2) is 5.57. The summed E-state index contributed by atoms with van der Waals surface area (Å²) in [6.07, 6.45) is 4.32. The molecule has 1 aliphatic carbocycles. The van der Waals surface area contributed by atoms with Crippen molar-refractivity contribution in [2.75, 3.05) is 0 Å². The maximum atomic E-state index is 11.2. The number of carboxylic acid groups (broad SMARTS) is 1. The summed E-state index contributed by atoms with van der Waals surface area (Å²) in [4.78, 5) is 11.2. The van der Waals surface area contributed by atoms with Crippen molar-refractivity contribution in [3.05, 3.63) is 64.7 Å². The van der Waals surface area contributed by atoms with E-state index in [-0.39, 0.29) is 0 Å². The van der Waals surface area contributed by atoms with Gasteiger partial charge >= 0.3 is 5.97 Å². The third kappa shape index (κ3) is 2.89. The molecular formula is C19H18O2. The zero-order chi connectivity index (χ0) is 14.8. The Hall–Kier alpha value is -2.35. The number of carbonyl (C=O) groups is 1. The molecule has 0 aromatic heterocycles. The molecule has 2 aromatic carbocycles. The molecule has 0 unspecified atom stereocenters. The Morgan fingerprint density at radius 2 is 1.71 bits per heavy atom. The first kappa shape index (κ1) is 13.6. The Bertz CT molecular complexity index is 709. The minimum Gasteiger partial charge on any atom is -0.478 e. The molecule has 0 amide bonds. The molecule has 106 valence electrons. The van der Waals surface area contributed by atoms with E-state index in [0.717, 1.165) is 29.5 Å². The molecule has 2 aromatic rings. The Labute approximate surface area is 124 Å². The van der Waals surface area contributed by atoms with Crippen LogP contribution in [-0.4, -0.2) is 11.1 Å². The van der Waals surface area contributed by atoms with Crippen LogP contribution in [0.3, 0.4) is 0 Å². The monoisotopic (exact) mass is 278 g/mol. The average molecular weight is 278 g/mol. The molecule has 0 fully saturated rings.